The Morgan fingerprint density at radius 1 is 1.50 bits per heavy atom. The van der Waals surface area contributed by atoms with Gasteiger partial charge in [0.1, 0.15) is 6.33 Å². The number of rotatable bonds is 3. The molecule has 1 N–H and O–H groups in total. The molecule has 0 bridgehead atoms. The maximum absolute atomic E-state index is 11.7. The van der Waals surface area contributed by atoms with Crippen LogP contribution in [-0.4, -0.2) is 31.3 Å². The first kappa shape index (κ1) is 9.97. The van der Waals surface area contributed by atoms with Gasteiger partial charge in [0.05, 0.1) is 18.1 Å². The minimum absolute atomic E-state index is 0.314. The lowest BCUT2D eigenvalue weighted by Crippen LogP contribution is -2.24. The molecule has 0 unspecified atom stereocenters. The smallest absolute Gasteiger partial charge is 0.256 e. The third kappa shape index (κ3) is 1.78. The van der Waals surface area contributed by atoms with E-state index in [1.54, 1.807) is 6.20 Å². The maximum Gasteiger partial charge on any atom is 0.256 e. The molecule has 0 aliphatic rings. The molecule has 7 nitrogen and oxygen atoms in total. The number of aromatic amines is 1. The van der Waals surface area contributed by atoms with Crippen LogP contribution in [0, 0.1) is 0 Å². The SMILES string of the molecule is C=CC(=O)N(c1cn[nH]c1)c1cncnn1. The summed E-state index contributed by atoms with van der Waals surface area (Å²) < 4.78 is 0. The minimum atomic E-state index is -0.330. The molecule has 16 heavy (non-hydrogen) atoms. The normalized spacial score (nSPS) is 9.75. The molecule has 0 saturated carbocycles. The highest BCUT2D eigenvalue weighted by atomic mass is 16.2. The minimum Gasteiger partial charge on any atom is -0.284 e. The first-order chi connectivity index (χ1) is 7.83. The van der Waals surface area contributed by atoms with Crippen LogP contribution in [0.2, 0.25) is 0 Å². The molecular weight excluding hydrogens is 208 g/mol. The predicted octanol–water partition coefficient (Wildman–Crippen LogP) is 0.445. The Hall–Kier alpha value is -2.57. The van der Waals surface area contributed by atoms with Gasteiger partial charge in [-0.3, -0.25) is 14.8 Å². The molecule has 0 radical (unpaired) electrons. The molecule has 0 aliphatic carbocycles. The van der Waals surface area contributed by atoms with Gasteiger partial charge in [-0.2, -0.15) is 5.10 Å². The first-order valence-corrected chi connectivity index (χ1v) is 4.41. The number of carbonyl (C=O) groups excluding carboxylic acids is 1. The van der Waals surface area contributed by atoms with Crippen molar-refractivity contribution in [1.29, 1.82) is 0 Å². The van der Waals surface area contributed by atoms with Gasteiger partial charge in [-0.05, 0) is 6.08 Å². The van der Waals surface area contributed by atoms with Crippen molar-refractivity contribution >= 4 is 17.4 Å². The van der Waals surface area contributed by atoms with E-state index in [9.17, 15) is 4.79 Å². The molecule has 0 fully saturated rings. The maximum atomic E-state index is 11.7. The summed E-state index contributed by atoms with van der Waals surface area (Å²) in [5, 5.41) is 13.8. The molecule has 2 rings (SSSR count). The average Bonchev–Trinajstić information content (AvgIpc) is 2.84. The number of hydrogen-bond acceptors (Lipinski definition) is 5. The lowest BCUT2D eigenvalue weighted by Gasteiger charge is -2.16. The van der Waals surface area contributed by atoms with Gasteiger partial charge in [0.2, 0.25) is 0 Å². The highest BCUT2D eigenvalue weighted by molar-refractivity contribution is 6.05. The van der Waals surface area contributed by atoms with Gasteiger partial charge in [0.15, 0.2) is 5.82 Å². The summed E-state index contributed by atoms with van der Waals surface area (Å²) in [5.41, 5.74) is 0.548. The zero-order valence-electron chi connectivity index (χ0n) is 8.24. The zero-order valence-corrected chi connectivity index (χ0v) is 8.24. The lowest BCUT2D eigenvalue weighted by molar-refractivity contribution is -0.113. The fourth-order valence-electron chi connectivity index (χ4n) is 1.17. The van der Waals surface area contributed by atoms with Crippen molar-refractivity contribution in [3.8, 4) is 0 Å². The zero-order chi connectivity index (χ0) is 11.4. The third-order valence-corrected chi connectivity index (χ3v) is 1.83. The van der Waals surface area contributed by atoms with Crippen molar-refractivity contribution in [3.63, 3.8) is 0 Å². The van der Waals surface area contributed by atoms with Crippen molar-refractivity contribution in [2.75, 3.05) is 4.90 Å². The summed E-state index contributed by atoms with van der Waals surface area (Å²) in [6.45, 7) is 3.43. The van der Waals surface area contributed by atoms with Crippen LogP contribution in [0.5, 0.6) is 0 Å². The summed E-state index contributed by atoms with van der Waals surface area (Å²) >= 11 is 0. The van der Waals surface area contributed by atoms with Gasteiger partial charge in [0, 0.05) is 6.20 Å². The molecule has 1 amide bonds. The van der Waals surface area contributed by atoms with E-state index in [2.05, 4.69) is 32.0 Å². The van der Waals surface area contributed by atoms with E-state index >= 15 is 0 Å². The highest BCUT2D eigenvalue weighted by Gasteiger charge is 2.17. The molecule has 2 aromatic heterocycles. The second-order valence-corrected chi connectivity index (χ2v) is 2.80. The second-order valence-electron chi connectivity index (χ2n) is 2.80. The van der Waals surface area contributed by atoms with Crippen LogP contribution in [-0.2, 0) is 4.79 Å². The van der Waals surface area contributed by atoms with Gasteiger partial charge in [-0.1, -0.05) is 6.58 Å². The Morgan fingerprint density at radius 2 is 2.38 bits per heavy atom. The van der Waals surface area contributed by atoms with Crippen molar-refractivity contribution in [2.45, 2.75) is 0 Å². The van der Waals surface area contributed by atoms with Gasteiger partial charge < -0.3 is 0 Å². The van der Waals surface area contributed by atoms with Gasteiger partial charge in [-0.25, -0.2) is 4.98 Å². The first-order valence-electron chi connectivity index (χ1n) is 4.41. The Kier molecular flexibility index (Phi) is 2.68. The average molecular weight is 216 g/mol. The van der Waals surface area contributed by atoms with Crippen LogP contribution in [0.1, 0.15) is 0 Å². The van der Waals surface area contributed by atoms with E-state index in [1.165, 1.54) is 29.7 Å². The quantitative estimate of drug-likeness (QED) is 0.752. The molecule has 0 aliphatic heterocycles. The molecule has 2 heterocycles. The molecule has 7 heteroatoms. The molecule has 0 saturated heterocycles. The summed E-state index contributed by atoms with van der Waals surface area (Å²) in [4.78, 5) is 16.8. The van der Waals surface area contributed by atoms with Gasteiger partial charge in [0.25, 0.3) is 5.91 Å². The molecule has 0 atom stereocenters. The molecule has 80 valence electrons. The van der Waals surface area contributed by atoms with Crippen molar-refractivity contribution in [2.24, 2.45) is 0 Å². The topological polar surface area (TPSA) is 87.7 Å². The van der Waals surface area contributed by atoms with Crippen LogP contribution in [0.25, 0.3) is 0 Å². The third-order valence-electron chi connectivity index (χ3n) is 1.83. The van der Waals surface area contributed by atoms with Crippen LogP contribution in [0.3, 0.4) is 0 Å². The Bertz CT molecular complexity index is 480. The van der Waals surface area contributed by atoms with Crippen LogP contribution < -0.4 is 4.90 Å². The van der Waals surface area contributed by atoms with E-state index in [4.69, 9.17) is 0 Å². The largest absolute Gasteiger partial charge is 0.284 e. The van der Waals surface area contributed by atoms with Crippen LogP contribution >= 0.6 is 0 Å². The predicted molar refractivity (Wildman–Crippen MR) is 55.8 cm³/mol. The van der Waals surface area contributed by atoms with Crippen molar-refractivity contribution in [3.05, 3.63) is 37.6 Å². The number of anilines is 2. The van der Waals surface area contributed by atoms with E-state index < -0.39 is 0 Å². The lowest BCUT2D eigenvalue weighted by atomic mass is 10.4. The van der Waals surface area contributed by atoms with Crippen LogP contribution in [0.15, 0.2) is 37.6 Å². The number of carbonyl (C=O) groups is 1. The summed E-state index contributed by atoms with van der Waals surface area (Å²) in [6, 6.07) is 0. The Balaban J connectivity index is 2.44. The number of amides is 1. The highest BCUT2D eigenvalue weighted by Crippen LogP contribution is 2.20. The van der Waals surface area contributed by atoms with E-state index in [1.807, 2.05) is 0 Å². The van der Waals surface area contributed by atoms with Crippen molar-refractivity contribution in [1.82, 2.24) is 25.4 Å². The Labute approximate surface area is 90.8 Å². The summed E-state index contributed by atoms with van der Waals surface area (Å²) in [6.07, 6.45) is 6.96. The molecule has 0 aromatic carbocycles. The van der Waals surface area contributed by atoms with Gasteiger partial charge >= 0.3 is 0 Å². The number of nitrogens with one attached hydrogen (secondary N) is 1. The summed E-state index contributed by atoms with van der Waals surface area (Å²) in [5.74, 6) is -0.0162. The fourth-order valence-corrected chi connectivity index (χ4v) is 1.17. The summed E-state index contributed by atoms with van der Waals surface area (Å²) in [7, 11) is 0. The molecule has 0 spiro atoms. The number of H-pyrrole nitrogens is 1. The monoisotopic (exact) mass is 216 g/mol. The number of nitrogens with zero attached hydrogens (tertiary/aromatic N) is 5. The fraction of sp³-hybridized carbons (Fsp3) is 0. The number of hydrogen-bond donors (Lipinski definition) is 1. The van der Waals surface area contributed by atoms with E-state index in [0.29, 0.717) is 11.5 Å². The van der Waals surface area contributed by atoms with E-state index in [0.717, 1.165) is 0 Å². The second kappa shape index (κ2) is 4.30. The molecule has 2 aromatic rings. The molecular formula is C9H8N6O. The van der Waals surface area contributed by atoms with E-state index in [-0.39, 0.29) is 5.91 Å². The van der Waals surface area contributed by atoms with Crippen molar-refractivity contribution < 1.29 is 4.79 Å². The Morgan fingerprint density at radius 3 is 2.94 bits per heavy atom. The standard InChI is InChI=1S/C9H8N6O/c1-2-9(16)15(7-3-11-12-4-7)8-5-10-6-13-14-8/h2-6H,1H2,(H,11,12). The van der Waals surface area contributed by atoms with Gasteiger partial charge in [-0.15, -0.1) is 10.2 Å². The van der Waals surface area contributed by atoms with Crippen LogP contribution in [0.4, 0.5) is 11.5 Å². The number of aromatic nitrogens is 5.